The summed E-state index contributed by atoms with van der Waals surface area (Å²) in [4.78, 5) is 0. The van der Waals surface area contributed by atoms with E-state index in [4.69, 9.17) is 0 Å². The standard InChI is InChI=1S/C15H22BrN/c1-12-7-9-15(10-8-12,11-17-2)13-5-3-4-6-14(13)16/h3-6,12,17H,7-11H2,1-2H3. The first kappa shape index (κ1) is 13.1. The van der Waals surface area contributed by atoms with Crippen molar-refractivity contribution in [2.45, 2.75) is 38.0 Å². The Morgan fingerprint density at radius 3 is 2.53 bits per heavy atom. The van der Waals surface area contributed by atoms with Gasteiger partial charge in [-0.05, 0) is 50.3 Å². The molecular weight excluding hydrogens is 274 g/mol. The minimum absolute atomic E-state index is 0.335. The summed E-state index contributed by atoms with van der Waals surface area (Å²) in [5, 5.41) is 3.40. The van der Waals surface area contributed by atoms with Crippen LogP contribution in [0.3, 0.4) is 0 Å². The molecular formula is C15H22BrN. The van der Waals surface area contributed by atoms with Gasteiger partial charge in [0.15, 0.2) is 0 Å². The zero-order valence-corrected chi connectivity index (χ0v) is 12.4. The second-order valence-electron chi connectivity index (χ2n) is 5.47. The number of likely N-dealkylation sites (N-methyl/N-ethyl adjacent to an activating group) is 1. The predicted octanol–water partition coefficient (Wildman–Crippen LogP) is 4.12. The molecule has 1 aromatic rings. The number of benzene rings is 1. The first-order chi connectivity index (χ1) is 8.18. The van der Waals surface area contributed by atoms with E-state index in [0.29, 0.717) is 5.41 Å². The van der Waals surface area contributed by atoms with Crippen molar-refractivity contribution < 1.29 is 0 Å². The molecule has 2 heteroatoms. The number of halogens is 1. The SMILES string of the molecule is CNCC1(c2ccccc2Br)CCC(C)CC1. The Bertz CT molecular complexity index is 367. The monoisotopic (exact) mass is 295 g/mol. The maximum atomic E-state index is 3.72. The van der Waals surface area contributed by atoms with Crippen molar-refractivity contribution in [2.24, 2.45) is 5.92 Å². The van der Waals surface area contributed by atoms with Crippen LogP contribution in [-0.2, 0) is 5.41 Å². The third kappa shape index (κ3) is 2.74. The van der Waals surface area contributed by atoms with Gasteiger partial charge in [0.1, 0.15) is 0 Å². The smallest absolute Gasteiger partial charge is 0.0213 e. The molecule has 1 aliphatic rings. The number of hydrogen-bond donors (Lipinski definition) is 1. The topological polar surface area (TPSA) is 12.0 Å². The quantitative estimate of drug-likeness (QED) is 0.885. The lowest BCUT2D eigenvalue weighted by molar-refractivity contribution is 0.236. The molecule has 1 aliphatic carbocycles. The average molecular weight is 296 g/mol. The van der Waals surface area contributed by atoms with Crippen LogP contribution in [0.15, 0.2) is 28.7 Å². The summed E-state index contributed by atoms with van der Waals surface area (Å²) in [6, 6.07) is 8.73. The van der Waals surface area contributed by atoms with Gasteiger partial charge >= 0.3 is 0 Å². The van der Waals surface area contributed by atoms with E-state index in [1.165, 1.54) is 35.7 Å². The summed E-state index contributed by atoms with van der Waals surface area (Å²) in [7, 11) is 2.07. The normalized spacial score (nSPS) is 29.2. The van der Waals surface area contributed by atoms with Gasteiger partial charge in [-0.1, -0.05) is 41.1 Å². The van der Waals surface area contributed by atoms with Crippen molar-refractivity contribution >= 4 is 15.9 Å². The van der Waals surface area contributed by atoms with Crippen LogP contribution in [0.5, 0.6) is 0 Å². The van der Waals surface area contributed by atoms with E-state index in [1.807, 2.05) is 0 Å². The molecule has 1 fully saturated rings. The van der Waals surface area contributed by atoms with Gasteiger partial charge in [0.05, 0.1) is 0 Å². The molecule has 0 heterocycles. The predicted molar refractivity (Wildman–Crippen MR) is 77.4 cm³/mol. The molecule has 94 valence electrons. The number of rotatable bonds is 3. The molecule has 17 heavy (non-hydrogen) atoms. The highest BCUT2D eigenvalue weighted by Crippen LogP contribution is 2.43. The van der Waals surface area contributed by atoms with Crippen molar-refractivity contribution in [3.05, 3.63) is 34.3 Å². The zero-order valence-electron chi connectivity index (χ0n) is 10.8. The molecule has 0 atom stereocenters. The lowest BCUT2D eigenvalue weighted by Crippen LogP contribution is -2.40. The van der Waals surface area contributed by atoms with Crippen LogP contribution in [0, 0.1) is 5.92 Å². The summed E-state index contributed by atoms with van der Waals surface area (Å²) >= 11 is 3.72. The van der Waals surface area contributed by atoms with Crippen molar-refractivity contribution in [1.82, 2.24) is 5.32 Å². The van der Waals surface area contributed by atoms with E-state index in [9.17, 15) is 0 Å². The van der Waals surface area contributed by atoms with E-state index in [2.05, 4.69) is 59.5 Å². The van der Waals surface area contributed by atoms with Crippen LogP contribution in [0.1, 0.15) is 38.2 Å². The molecule has 0 aromatic heterocycles. The lowest BCUT2D eigenvalue weighted by Gasteiger charge is -2.40. The van der Waals surface area contributed by atoms with Crippen LogP contribution in [-0.4, -0.2) is 13.6 Å². The summed E-state index contributed by atoms with van der Waals surface area (Å²) < 4.78 is 1.27. The van der Waals surface area contributed by atoms with Crippen LogP contribution < -0.4 is 5.32 Å². The van der Waals surface area contributed by atoms with Gasteiger partial charge < -0.3 is 5.32 Å². The largest absolute Gasteiger partial charge is 0.319 e. The summed E-state index contributed by atoms with van der Waals surface area (Å²) in [6.45, 7) is 3.46. The highest BCUT2D eigenvalue weighted by molar-refractivity contribution is 9.10. The second-order valence-corrected chi connectivity index (χ2v) is 6.33. The lowest BCUT2D eigenvalue weighted by atomic mass is 9.67. The molecule has 2 rings (SSSR count). The summed E-state index contributed by atoms with van der Waals surface area (Å²) in [6.07, 6.45) is 5.31. The molecule has 1 nitrogen and oxygen atoms in total. The second kappa shape index (κ2) is 5.53. The maximum Gasteiger partial charge on any atom is 0.0213 e. The Hall–Kier alpha value is -0.340. The average Bonchev–Trinajstić information content (AvgIpc) is 2.33. The van der Waals surface area contributed by atoms with Crippen LogP contribution in [0.25, 0.3) is 0 Å². The number of nitrogens with one attached hydrogen (secondary N) is 1. The van der Waals surface area contributed by atoms with Crippen LogP contribution in [0.2, 0.25) is 0 Å². The molecule has 1 N–H and O–H groups in total. The maximum absolute atomic E-state index is 3.72. The third-order valence-electron chi connectivity index (χ3n) is 4.19. The molecule has 0 amide bonds. The number of hydrogen-bond acceptors (Lipinski definition) is 1. The Morgan fingerprint density at radius 2 is 1.94 bits per heavy atom. The van der Waals surface area contributed by atoms with Crippen LogP contribution >= 0.6 is 15.9 Å². The fraction of sp³-hybridized carbons (Fsp3) is 0.600. The van der Waals surface area contributed by atoms with Gasteiger partial charge in [0.2, 0.25) is 0 Å². The minimum atomic E-state index is 0.335. The Kier molecular flexibility index (Phi) is 4.26. The van der Waals surface area contributed by atoms with Gasteiger partial charge in [-0.3, -0.25) is 0 Å². The van der Waals surface area contributed by atoms with Gasteiger partial charge in [0.25, 0.3) is 0 Å². The first-order valence-electron chi connectivity index (χ1n) is 6.57. The van der Waals surface area contributed by atoms with Crippen molar-refractivity contribution in [2.75, 3.05) is 13.6 Å². The molecule has 1 aromatic carbocycles. The molecule has 0 spiro atoms. The van der Waals surface area contributed by atoms with E-state index >= 15 is 0 Å². The van der Waals surface area contributed by atoms with Crippen molar-refractivity contribution in [3.8, 4) is 0 Å². The zero-order chi connectivity index (χ0) is 12.3. The van der Waals surface area contributed by atoms with Crippen molar-refractivity contribution in [3.63, 3.8) is 0 Å². The Morgan fingerprint density at radius 1 is 1.29 bits per heavy atom. The summed E-state index contributed by atoms with van der Waals surface area (Å²) in [5.74, 6) is 0.891. The Balaban J connectivity index is 2.31. The highest BCUT2D eigenvalue weighted by atomic mass is 79.9. The van der Waals surface area contributed by atoms with E-state index < -0.39 is 0 Å². The van der Waals surface area contributed by atoms with Gasteiger partial charge in [-0.25, -0.2) is 0 Å². The third-order valence-corrected chi connectivity index (χ3v) is 4.88. The van der Waals surface area contributed by atoms with Gasteiger partial charge in [0, 0.05) is 16.4 Å². The van der Waals surface area contributed by atoms with Gasteiger partial charge in [-0.2, -0.15) is 0 Å². The molecule has 0 bridgehead atoms. The molecule has 0 aliphatic heterocycles. The van der Waals surface area contributed by atoms with Crippen molar-refractivity contribution in [1.29, 1.82) is 0 Å². The molecule has 0 saturated heterocycles. The molecule has 0 radical (unpaired) electrons. The van der Waals surface area contributed by atoms with E-state index in [0.717, 1.165) is 12.5 Å². The molecule has 0 unspecified atom stereocenters. The summed E-state index contributed by atoms with van der Waals surface area (Å²) in [5.41, 5.74) is 1.82. The Labute approximate surface area is 113 Å². The highest BCUT2D eigenvalue weighted by Gasteiger charge is 2.36. The van der Waals surface area contributed by atoms with Crippen LogP contribution in [0.4, 0.5) is 0 Å². The minimum Gasteiger partial charge on any atom is -0.319 e. The first-order valence-corrected chi connectivity index (χ1v) is 7.37. The molecule has 1 saturated carbocycles. The fourth-order valence-electron chi connectivity index (χ4n) is 3.09. The fourth-order valence-corrected chi connectivity index (χ4v) is 3.79. The van der Waals surface area contributed by atoms with E-state index in [-0.39, 0.29) is 0 Å². The van der Waals surface area contributed by atoms with Gasteiger partial charge in [-0.15, -0.1) is 0 Å². The van der Waals surface area contributed by atoms with E-state index in [1.54, 1.807) is 0 Å².